The van der Waals surface area contributed by atoms with Crippen LogP contribution in [0.3, 0.4) is 0 Å². The Kier molecular flexibility index (Phi) is 4.96. The third kappa shape index (κ3) is 3.39. The number of alkyl halides is 5. The SMILES string of the molecule is CC(C)(C)[C@H](NC(=O)C(F)(F)Cl)C(=O)N1C[C@H]2[C@@H]([C@H]1C(=O)O)[C@H]1C=C[C@@H]2C1(F)F. The fourth-order valence-electron chi connectivity index (χ4n) is 4.80. The summed E-state index contributed by atoms with van der Waals surface area (Å²) in [7, 11) is 0. The average Bonchev–Trinajstić information content (AvgIpc) is 3.14. The highest BCUT2D eigenvalue weighted by molar-refractivity contribution is 6.32. The van der Waals surface area contributed by atoms with Crippen molar-refractivity contribution in [2.75, 3.05) is 6.54 Å². The Morgan fingerprint density at radius 1 is 1.21 bits per heavy atom. The maximum Gasteiger partial charge on any atom is 0.399 e. The lowest BCUT2D eigenvalue weighted by Gasteiger charge is -2.36. The molecule has 0 spiro atoms. The molecule has 0 aromatic heterocycles. The predicted octanol–water partition coefficient (Wildman–Crippen LogP) is 2.33. The summed E-state index contributed by atoms with van der Waals surface area (Å²) in [6.45, 7) is 4.22. The minimum Gasteiger partial charge on any atom is -0.480 e. The maximum atomic E-state index is 14.4. The lowest BCUT2D eigenvalue weighted by molar-refractivity contribution is -0.154. The molecule has 11 heteroatoms. The highest BCUT2D eigenvalue weighted by Gasteiger charge is 2.70. The number of carbonyl (C=O) groups excluding carboxylic acids is 2. The molecule has 0 aromatic carbocycles. The summed E-state index contributed by atoms with van der Waals surface area (Å²) in [5, 5.41) is 7.31. The van der Waals surface area contributed by atoms with Crippen LogP contribution < -0.4 is 5.32 Å². The van der Waals surface area contributed by atoms with Crippen molar-refractivity contribution >= 4 is 29.4 Å². The highest BCUT2D eigenvalue weighted by atomic mass is 35.5. The molecule has 2 bridgehead atoms. The number of hydrogen-bond donors (Lipinski definition) is 2. The first kappa shape index (κ1) is 21.9. The molecule has 6 nitrogen and oxygen atoms in total. The van der Waals surface area contributed by atoms with Crippen LogP contribution in [0, 0.1) is 29.1 Å². The van der Waals surface area contributed by atoms with Gasteiger partial charge in [0, 0.05) is 24.3 Å². The molecule has 0 radical (unpaired) electrons. The number of likely N-dealkylation sites (tertiary alicyclic amines) is 1. The van der Waals surface area contributed by atoms with Crippen molar-refractivity contribution in [2.45, 2.75) is 44.2 Å². The number of carboxylic acid groups (broad SMARTS) is 1. The Hall–Kier alpha value is -1.84. The molecule has 3 rings (SSSR count). The van der Waals surface area contributed by atoms with Crippen LogP contribution in [0.15, 0.2) is 12.2 Å². The molecular weight excluding hydrogens is 420 g/mol. The number of carboxylic acids is 1. The smallest absolute Gasteiger partial charge is 0.399 e. The third-order valence-corrected chi connectivity index (χ3v) is 6.25. The summed E-state index contributed by atoms with van der Waals surface area (Å²) in [6, 6.07) is -3.07. The lowest BCUT2D eigenvalue weighted by atomic mass is 9.82. The summed E-state index contributed by atoms with van der Waals surface area (Å²) < 4.78 is 55.1. The van der Waals surface area contributed by atoms with Crippen LogP contribution in [0.5, 0.6) is 0 Å². The van der Waals surface area contributed by atoms with Gasteiger partial charge in [0.15, 0.2) is 0 Å². The Morgan fingerprint density at radius 2 is 1.76 bits per heavy atom. The lowest BCUT2D eigenvalue weighted by Crippen LogP contribution is -2.59. The van der Waals surface area contributed by atoms with Crippen molar-refractivity contribution in [1.29, 1.82) is 0 Å². The van der Waals surface area contributed by atoms with Crippen molar-refractivity contribution in [1.82, 2.24) is 10.2 Å². The zero-order valence-electron chi connectivity index (χ0n) is 15.8. The van der Waals surface area contributed by atoms with E-state index >= 15 is 0 Å². The van der Waals surface area contributed by atoms with Crippen LogP contribution in [0.1, 0.15) is 20.8 Å². The van der Waals surface area contributed by atoms with Gasteiger partial charge in [-0.15, -0.1) is 0 Å². The van der Waals surface area contributed by atoms with Gasteiger partial charge in [-0.1, -0.05) is 32.9 Å². The topological polar surface area (TPSA) is 86.7 Å². The molecule has 0 unspecified atom stereocenters. The number of allylic oxidation sites excluding steroid dienone is 2. The Labute approximate surface area is 169 Å². The predicted molar refractivity (Wildman–Crippen MR) is 93.4 cm³/mol. The van der Waals surface area contributed by atoms with E-state index in [2.05, 4.69) is 0 Å². The highest BCUT2D eigenvalue weighted by Crippen LogP contribution is 2.61. The molecule has 0 aromatic rings. The van der Waals surface area contributed by atoms with E-state index in [-0.39, 0.29) is 6.54 Å². The zero-order chi connectivity index (χ0) is 22.1. The minimum absolute atomic E-state index is 0.263. The van der Waals surface area contributed by atoms with Gasteiger partial charge in [0.1, 0.15) is 12.1 Å². The van der Waals surface area contributed by atoms with Crippen LogP contribution in [0.4, 0.5) is 17.6 Å². The van der Waals surface area contributed by atoms with E-state index in [1.54, 1.807) is 0 Å². The van der Waals surface area contributed by atoms with Crippen molar-refractivity contribution in [3.8, 4) is 0 Å². The number of halogens is 5. The number of aliphatic carboxylic acids is 1. The number of nitrogens with one attached hydrogen (secondary N) is 1. The first-order valence-electron chi connectivity index (χ1n) is 9.05. The number of amides is 2. The van der Waals surface area contributed by atoms with E-state index < -0.39 is 70.3 Å². The maximum absolute atomic E-state index is 14.4. The van der Waals surface area contributed by atoms with E-state index in [1.165, 1.54) is 32.9 Å². The second-order valence-electron chi connectivity index (χ2n) is 8.90. The summed E-state index contributed by atoms with van der Waals surface area (Å²) in [4.78, 5) is 37.6. The van der Waals surface area contributed by atoms with Gasteiger partial charge in [-0.2, -0.15) is 8.78 Å². The van der Waals surface area contributed by atoms with E-state index in [1.807, 2.05) is 5.32 Å². The summed E-state index contributed by atoms with van der Waals surface area (Å²) in [6.07, 6.45) is 2.63. The van der Waals surface area contributed by atoms with Crippen LogP contribution in [-0.2, 0) is 14.4 Å². The van der Waals surface area contributed by atoms with Crippen molar-refractivity contribution in [3.63, 3.8) is 0 Å². The molecule has 29 heavy (non-hydrogen) atoms. The van der Waals surface area contributed by atoms with E-state index in [9.17, 15) is 37.1 Å². The van der Waals surface area contributed by atoms with Gasteiger partial charge < -0.3 is 15.3 Å². The van der Waals surface area contributed by atoms with Crippen molar-refractivity contribution < 1.29 is 37.1 Å². The number of rotatable bonds is 4. The largest absolute Gasteiger partial charge is 0.480 e. The fraction of sp³-hybridized carbons (Fsp3) is 0.722. The van der Waals surface area contributed by atoms with E-state index in [0.29, 0.717) is 0 Å². The fourth-order valence-corrected chi connectivity index (χ4v) is 4.86. The number of carbonyl (C=O) groups is 3. The van der Waals surface area contributed by atoms with Crippen LogP contribution in [0.25, 0.3) is 0 Å². The van der Waals surface area contributed by atoms with Crippen LogP contribution in [0.2, 0.25) is 0 Å². The van der Waals surface area contributed by atoms with Gasteiger partial charge in [0.05, 0.1) is 0 Å². The van der Waals surface area contributed by atoms with Gasteiger partial charge in [-0.05, 0) is 22.9 Å². The molecule has 2 amide bonds. The molecule has 2 aliphatic carbocycles. The molecule has 1 heterocycles. The molecule has 1 saturated carbocycles. The second kappa shape index (κ2) is 6.58. The second-order valence-corrected chi connectivity index (χ2v) is 9.37. The van der Waals surface area contributed by atoms with E-state index in [4.69, 9.17) is 11.6 Å². The number of fused-ring (bicyclic) bond motifs is 5. The van der Waals surface area contributed by atoms with Gasteiger partial charge in [-0.25, -0.2) is 13.6 Å². The minimum atomic E-state index is -4.26. The van der Waals surface area contributed by atoms with Gasteiger partial charge in [0.2, 0.25) is 5.91 Å². The molecular formula is C18H21ClF4N2O4. The number of nitrogens with zero attached hydrogens (tertiary/aromatic N) is 1. The van der Waals surface area contributed by atoms with Crippen molar-refractivity contribution in [2.24, 2.45) is 29.1 Å². The number of hydrogen-bond acceptors (Lipinski definition) is 3. The Bertz CT molecular complexity index is 777. The quantitative estimate of drug-likeness (QED) is 0.399. The molecule has 3 aliphatic rings. The van der Waals surface area contributed by atoms with Gasteiger partial charge in [0.25, 0.3) is 5.92 Å². The molecule has 1 saturated heterocycles. The van der Waals surface area contributed by atoms with Gasteiger partial charge >= 0.3 is 17.3 Å². The molecule has 2 fully saturated rings. The molecule has 6 atom stereocenters. The van der Waals surface area contributed by atoms with Gasteiger partial charge in [-0.3, -0.25) is 9.59 Å². The molecule has 2 N–H and O–H groups in total. The Balaban J connectivity index is 1.91. The standard InChI is InChI=1S/C18H21ClF4N2O4/c1-16(2,3)12(24-15(29)18(19,22)23)13(26)25-6-7-8-4-5-9(17(8,20)21)10(7)11(25)14(27)28/h4-5,7-12H,6H2,1-3H3,(H,24,29)(H,27,28)/t7-,8+,9-,10-,11+,12-/m1/s1. The average molecular weight is 441 g/mol. The summed E-state index contributed by atoms with van der Waals surface area (Å²) >= 11 is 4.72. The monoisotopic (exact) mass is 440 g/mol. The third-order valence-electron chi connectivity index (χ3n) is 6.07. The summed E-state index contributed by atoms with van der Waals surface area (Å²) in [5.74, 6) is -11.6. The van der Waals surface area contributed by atoms with Crippen molar-refractivity contribution in [3.05, 3.63) is 12.2 Å². The first-order chi connectivity index (χ1) is 13.1. The normalized spacial score (nSPS) is 33.5. The summed E-state index contributed by atoms with van der Waals surface area (Å²) in [5.41, 5.74) is -1.07. The Morgan fingerprint density at radius 3 is 2.24 bits per heavy atom. The van der Waals surface area contributed by atoms with E-state index in [0.717, 1.165) is 4.90 Å². The van der Waals surface area contributed by atoms with Crippen LogP contribution in [-0.4, -0.2) is 57.7 Å². The molecule has 1 aliphatic heterocycles. The zero-order valence-corrected chi connectivity index (χ0v) is 16.6. The van der Waals surface area contributed by atoms with Crippen LogP contribution >= 0.6 is 11.6 Å². The molecule has 162 valence electrons. The first-order valence-corrected chi connectivity index (χ1v) is 9.43.